The second-order valence-electron chi connectivity index (χ2n) is 8.22. The Labute approximate surface area is 180 Å². The lowest BCUT2D eigenvalue weighted by atomic mass is 9.91. The summed E-state index contributed by atoms with van der Waals surface area (Å²) in [5.74, 6) is 1.13. The van der Waals surface area contributed by atoms with Crippen molar-refractivity contribution in [2.24, 2.45) is 0 Å². The molecule has 3 rings (SSSR count). The molecule has 0 spiro atoms. The van der Waals surface area contributed by atoms with Crippen molar-refractivity contribution >= 4 is 17.7 Å². The molecule has 1 aliphatic rings. The first-order valence-corrected chi connectivity index (χ1v) is 10.3. The molecule has 0 bridgehead atoms. The van der Waals surface area contributed by atoms with Gasteiger partial charge in [-0.15, -0.1) is 0 Å². The third-order valence-corrected chi connectivity index (χ3v) is 5.66. The molecule has 2 N–H and O–H groups in total. The average Bonchev–Trinajstić information content (AvgIpc) is 2.71. The lowest BCUT2D eigenvalue weighted by Gasteiger charge is -2.30. The summed E-state index contributed by atoms with van der Waals surface area (Å²) in [5.41, 5.74) is 1.44. The quantitative estimate of drug-likeness (QED) is 0.732. The van der Waals surface area contributed by atoms with Crippen molar-refractivity contribution in [2.45, 2.75) is 57.8 Å². The van der Waals surface area contributed by atoms with E-state index in [1.807, 2.05) is 32.8 Å². The van der Waals surface area contributed by atoms with Crippen molar-refractivity contribution in [1.29, 1.82) is 0 Å². The lowest BCUT2D eigenvalue weighted by Crippen LogP contribution is -2.40. The third-order valence-electron chi connectivity index (χ3n) is 5.66. The predicted molar refractivity (Wildman–Crippen MR) is 114 cm³/mol. The third kappa shape index (κ3) is 5.65. The summed E-state index contributed by atoms with van der Waals surface area (Å²) in [6.45, 7) is 3.96. The number of carbonyl (C=O) groups excluding carboxylic acids is 1. The van der Waals surface area contributed by atoms with E-state index in [1.54, 1.807) is 0 Å². The van der Waals surface area contributed by atoms with Crippen molar-refractivity contribution in [3.63, 3.8) is 0 Å². The fraction of sp³-hybridized carbons (Fsp3) is 0.500. The number of hydrogen-bond donors (Lipinski definition) is 2. The summed E-state index contributed by atoms with van der Waals surface area (Å²) >= 11 is 0. The number of rotatable bonds is 5. The zero-order valence-electron chi connectivity index (χ0n) is 18.2. The molecule has 1 amide bonds. The highest BCUT2D eigenvalue weighted by atomic mass is 19.4. The number of benzene rings is 1. The van der Waals surface area contributed by atoms with Crippen LogP contribution < -0.4 is 15.5 Å². The summed E-state index contributed by atoms with van der Waals surface area (Å²) in [6.07, 6.45) is -1.19. The van der Waals surface area contributed by atoms with Gasteiger partial charge in [-0.05, 0) is 63.8 Å². The Hall–Kier alpha value is -2.84. The van der Waals surface area contributed by atoms with Gasteiger partial charge < -0.3 is 15.5 Å². The molecule has 9 heteroatoms. The van der Waals surface area contributed by atoms with E-state index >= 15 is 0 Å². The predicted octanol–water partition coefficient (Wildman–Crippen LogP) is 4.33. The van der Waals surface area contributed by atoms with Gasteiger partial charge in [-0.25, -0.2) is 4.98 Å². The molecule has 6 nitrogen and oxygen atoms in total. The molecule has 0 atom stereocenters. The summed E-state index contributed by atoms with van der Waals surface area (Å²) in [5, 5.41) is 6.33. The number of carbonyl (C=O) groups is 1. The van der Waals surface area contributed by atoms with Gasteiger partial charge in [0.15, 0.2) is 0 Å². The molecule has 168 valence electrons. The lowest BCUT2D eigenvalue weighted by molar-refractivity contribution is -0.137. The molecule has 1 saturated carbocycles. The molecule has 0 saturated heterocycles. The summed E-state index contributed by atoms with van der Waals surface area (Å²) < 4.78 is 38.0. The van der Waals surface area contributed by atoms with E-state index in [1.165, 1.54) is 12.1 Å². The van der Waals surface area contributed by atoms with E-state index in [0.29, 0.717) is 5.95 Å². The van der Waals surface area contributed by atoms with Gasteiger partial charge in [0.25, 0.3) is 5.91 Å². The molecule has 0 aliphatic heterocycles. The number of anilines is 2. The minimum atomic E-state index is -4.41. The van der Waals surface area contributed by atoms with Crippen LogP contribution >= 0.6 is 0 Å². The van der Waals surface area contributed by atoms with Crippen LogP contribution in [-0.2, 0) is 6.18 Å². The van der Waals surface area contributed by atoms with Gasteiger partial charge in [-0.3, -0.25) is 4.79 Å². The van der Waals surface area contributed by atoms with E-state index < -0.39 is 11.7 Å². The number of aromatic nitrogens is 2. The maximum Gasteiger partial charge on any atom is 0.416 e. The first-order valence-electron chi connectivity index (χ1n) is 10.3. The zero-order chi connectivity index (χ0) is 22.8. The Kier molecular flexibility index (Phi) is 6.71. The standard InChI is InChI=1S/C22H28F3N5O/c1-13-14(2)26-21(29-19(13)30(3)4)28-18-11-9-17(10-12-18)27-20(31)15-5-7-16(8-6-15)22(23,24)25/h5-8,17-18H,9-12H2,1-4H3,(H,27,31)(H,26,28,29)/t17-,18+. The van der Waals surface area contributed by atoms with Gasteiger partial charge in [-0.1, -0.05) is 0 Å². The maximum atomic E-state index is 12.7. The number of nitrogens with zero attached hydrogens (tertiary/aromatic N) is 3. The number of halogens is 3. The van der Waals surface area contributed by atoms with Gasteiger partial charge >= 0.3 is 6.18 Å². The molecule has 31 heavy (non-hydrogen) atoms. The number of hydrogen-bond acceptors (Lipinski definition) is 5. The first-order chi connectivity index (χ1) is 14.5. The normalized spacial score (nSPS) is 19.1. The molecular formula is C22H28F3N5O. The highest BCUT2D eigenvalue weighted by Crippen LogP contribution is 2.29. The summed E-state index contributed by atoms with van der Waals surface area (Å²) in [6, 6.07) is 4.49. The van der Waals surface area contributed by atoms with E-state index in [0.717, 1.165) is 54.9 Å². The average molecular weight is 435 g/mol. The highest BCUT2D eigenvalue weighted by molar-refractivity contribution is 5.94. The van der Waals surface area contributed by atoms with E-state index in [4.69, 9.17) is 0 Å². The number of amides is 1. The van der Waals surface area contributed by atoms with Crippen molar-refractivity contribution in [1.82, 2.24) is 15.3 Å². The van der Waals surface area contributed by atoms with Crippen LogP contribution in [0.5, 0.6) is 0 Å². The molecule has 1 aliphatic carbocycles. The van der Waals surface area contributed by atoms with Crippen LogP contribution in [0, 0.1) is 13.8 Å². The van der Waals surface area contributed by atoms with Gasteiger partial charge in [0.05, 0.1) is 5.56 Å². The van der Waals surface area contributed by atoms with Gasteiger partial charge in [0.2, 0.25) is 5.95 Å². The minimum Gasteiger partial charge on any atom is -0.362 e. The number of nitrogens with one attached hydrogen (secondary N) is 2. The molecule has 0 unspecified atom stereocenters. The Bertz CT molecular complexity index is 920. The van der Waals surface area contributed by atoms with Gasteiger partial charge in [-0.2, -0.15) is 18.2 Å². The van der Waals surface area contributed by atoms with Crippen LogP contribution in [0.1, 0.15) is 52.9 Å². The van der Waals surface area contributed by atoms with Crippen LogP contribution in [0.2, 0.25) is 0 Å². The fourth-order valence-electron chi connectivity index (χ4n) is 3.76. The van der Waals surface area contributed by atoms with E-state index in [2.05, 4.69) is 20.6 Å². The van der Waals surface area contributed by atoms with E-state index in [9.17, 15) is 18.0 Å². The van der Waals surface area contributed by atoms with Crippen LogP contribution in [-0.4, -0.2) is 42.1 Å². The van der Waals surface area contributed by atoms with Crippen LogP contribution in [0.3, 0.4) is 0 Å². The summed E-state index contributed by atoms with van der Waals surface area (Å²) in [4.78, 5) is 23.5. The second kappa shape index (κ2) is 9.11. The van der Waals surface area contributed by atoms with Crippen molar-refractivity contribution in [2.75, 3.05) is 24.3 Å². The molecule has 1 aromatic carbocycles. The largest absolute Gasteiger partial charge is 0.416 e. The minimum absolute atomic E-state index is 0.00847. The van der Waals surface area contributed by atoms with Crippen molar-refractivity contribution in [3.8, 4) is 0 Å². The molecule has 1 heterocycles. The highest BCUT2D eigenvalue weighted by Gasteiger charge is 2.30. The molecule has 0 radical (unpaired) electrons. The zero-order valence-corrected chi connectivity index (χ0v) is 18.2. The van der Waals surface area contributed by atoms with Gasteiger partial charge in [0, 0.05) is 43.0 Å². The van der Waals surface area contributed by atoms with Gasteiger partial charge in [0.1, 0.15) is 5.82 Å². The Morgan fingerprint density at radius 3 is 2.13 bits per heavy atom. The number of aryl methyl sites for hydroxylation is 1. The second-order valence-corrected chi connectivity index (χ2v) is 8.22. The van der Waals surface area contributed by atoms with Crippen molar-refractivity contribution < 1.29 is 18.0 Å². The van der Waals surface area contributed by atoms with E-state index in [-0.39, 0.29) is 23.6 Å². The first kappa shape index (κ1) is 22.8. The fourth-order valence-corrected chi connectivity index (χ4v) is 3.76. The molecule has 1 aromatic heterocycles. The molecule has 1 fully saturated rings. The van der Waals surface area contributed by atoms with Crippen LogP contribution in [0.15, 0.2) is 24.3 Å². The SMILES string of the molecule is Cc1nc(N[C@H]2CC[C@@H](NC(=O)c3ccc(C(F)(F)F)cc3)CC2)nc(N(C)C)c1C. The number of alkyl halides is 3. The Morgan fingerprint density at radius 2 is 1.58 bits per heavy atom. The maximum absolute atomic E-state index is 12.7. The Morgan fingerprint density at radius 1 is 1.00 bits per heavy atom. The molecular weight excluding hydrogens is 407 g/mol. The smallest absolute Gasteiger partial charge is 0.362 e. The van der Waals surface area contributed by atoms with Crippen LogP contribution in [0.4, 0.5) is 24.9 Å². The molecule has 2 aromatic rings. The van der Waals surface area contributed by atoms with Crippen LogP contribution in [0.25, 0.3) is 0 Å². The Balaban J connectivity index is 1.54. The monoisotopic (exact) mass is 435 g/mol. The summed E-state index contributed by atoms with van der Waals surface area (Å²) in [7, 11) is 3.90. The van der Waals surface area contributed by atoms with Crippen molar-refractivity contribution in [3.05, 3.63) is 46.6 Å². The topological polar surface area (TPSA) is 70.1 Å².